The molecule has 0 aliphatic rings. The molecule has 0 aliphatic heterocycles. The van der Waals surface area contributed by atoms with Crippen LogP contribution in [0, 0.1) is 0 Å². The molecular weight excluding hydrogens is 258 g/mol. The smallest absolute Gasteiger partial charge is 0.213 e. The molecule has 0 atom stereocenters. The van der Waals surface area contributed by atoms with Crippen molar-refractivity contribution < 1.29 is 4.74 Å². The van der Waals surface area contributed by atoms with E-state index in [-0.39, 0.29) is 11.0 Å². The monoisotopic (exact) mass is 283 g/mol. The van der Waals surface area contributed by atoms with Crippen LogP contribution in [0.25, 0.3) is 11.1 Å². The van der Waals surface area contributed by atoms with Crippen molar-refractivity contribution >= 4 is 0 Å². The average Bonchev–Trinajstić information content (AvgIpc) is 2.37. The number of benzene rings is 1. The summed E-state index contributed by atoms with van der Waals surface area (Å²) in [6, 6.07) is 12.7. The van der Waals surface area contributed by atoms with Crippen LogP contribution in [-0.2, 0) is 5.41 Å². The normalized spacial score (nSPS) is 12.3. The zero-order valence-corrected chi connectivity index (χ0v) is 13.9. The standard InChI is InChI=1S/C19H25NO/c1-18(2,3)16-10-7-14(8-11-16)15-9-12-17(20-13-15)21-19(4,5)6/h7-13H,1-6H3. The molecule has 0 bridgehead atoms. The topological polar surface area (TPSA) is 22.1 Å². The average molecular weight is 283 g/mol. The van der Waals surface area contributed by atoms with Gasteiger partial charge in [0.05, 0.1) is 0 Å². The van der Waals surface area contributed by atoms with E-state index in [9.17, 15) is 0 Å². The van der Waals surface area contributed by atoms with Gasteiger partial charge in [0.1, 0.15) is 5.60 Å². The molecular formula is C19H25NO. The Morgan fingerprint density at radius 2 is 1.33 bits per heavy atom. The Labute approximate surface area is 128 Å². The lowest BCUT2D eigenvalue weighted by atomic mass is 9.86. The van der Waals surface area contributed by atoms with Gasteiger partial charge in [-0.3, -0.25) is 0 Å². The van der Waals surface area contributed by atoms with Gasteiger partial charge in [0.25, 0.3) is 0 Å². The highest BCUT2D eigenvalue weighted by Crippen LogP contribution is 2.26. The number of aromatic nitrogens is 1. The van der Waals surface area contributed by atoms with Crippen molar-refractivity contribution in [1.29, 1.82) is 0 Å². The number of pyridine rings is 1. The van der Waals surface area contributed by atoms with Gasteiger partial charge in [-0.05, 0) is 43.4 Å². The van der Waals surface area contributed by atoms with Crippen LogP contribution in [0.1, 0.15) is 47.1 Å². The molecule has 0 saturated heterocycles. The minimum atomic E-state index is -0.219. The number of hydrogen-bond acceptors (Lipinski definition) is 2. The van der Waals surface area contributed by atoms with Crippen LogP contribution >= 0.6 is 0 Å². The molecule has 1 aromatic heterocycles. The van der Waals surface area contributed by atoms with Crippen molar-refractivity contribution in [3.63, 3.8) is 0 Å². The Kier molecular flexibility index (Phi) is 4.08. The Morgan fingerprint density at radius 1 is 0.762 bits per heavy atom. The molecule has 2 rings (SSSR count). The SMILES string of the molecule is CC(C)(C)Oc1ccc(-c2ccc(C(C)(C)C)cc2)cn1. The number of ether oxygens (including phenoxy) is 1. The highest BCUT2D eigenvalue weighted by Gasteiger charge is 2.14. The molecule has 0 radical (unpaired) electrons. The second kappa shape index (κ2) is 5.51. The largest absolute Gasteiger partial charge is 0.472 e. The van der Waals surface area contributed by atoms with Gasteiger partial charge in [-0.2, -0.15) is 0 Å². The third-order valence-electron chi connectivity index (χ3n) is 3.23. The maximum atomic E-state index is 5.75. The first-order valence-corrected chi connectivity index (χ1v) is 7.41. The number of nitrogens with zero attached hydrogens (tertiary/aromatic N) is 1. The summed E-state index contributed by atoms with van der Waals surface area (Å²) in [5.41, 5.74) is 3.59. The Balaban J connectivity index is 2.19. The summed E-state index contributed by atoms with van der Waals surface area (Å²) in [5, 5.41) is 0. The lowest BCUT2D eigenvalue weighted by Gasteiger charge is -2.20. The predicted molar refractivity (Wildman–Crippen MR) is 88.8 cm³/mol. The Hall–Kier alpha value is -1.83. The van der Waals surface area contributed by atoms with Crippen LogP contribution in [0.5, 0.6) is 5.88 Å². The van der Waals surface area contributed by atoms with E-state index in [1.54, 1.807) is 0 Å². The minimum absolute atomic E-state index is 0.182. The summed E-state index contributed by atoms with van der Waals surface area (Å²) in [6.45, 7) is 12.7. The fraction of sp³-hybridized carbons (Fsp3) is 0.421. The number of rotatable bonds is 2. The van der Waals surface area contributed by atoms with Crippen molar-refractivity contribution in [2.24, 2.45) is 0 Å². The first kappa shape index (κ1) is 15.6. The molecule has 0 fully saturated rings. The molecule has 21 heavy (non-hydrogen) atoms. The van der Waals surface area contributed by atoms with Gasteiger partial charge in [-0.15, -0.1) is 0 Å². The fourth-order valence-electron chi connectivity index (χ4n) is 2.09. The molecule has 1 heterocycles. The minimum Gasteiger partial charge on any atom is -0.472 e. The molecule has 112 valence electrons. The third kappa shape index (κ3) is 4.32. The van der Waals surface area contributed by atoms with Crippen molar-refractivity contribution in [1.82, 2.24) is 4.98 Å². The molecule has 0 spiro atoms. The van der Waals surface area contributed by atoms with Gasteiger partial charge < -0.3 is 4.74 Å². The maximum absolute atomic E-state index is 5.75. The van der Waals surface area contributed by atoms with Crippen molar-refractivity contribution in [3.05, 3.63) is 48.2 Å². The Morgan fingerprint density at radius 3 is 1.76 bits per heavy atom. The van der Waals surface area contributed by atoms with Gasteiger partial charge >= 0.3 is 0 Å². The lowest BCUT2D eigenvalue weighted by Crippen LogP contribution is -2.23. The summed E-state index contributed by atoms with van der Waals surface area (Å²) < 4.78 is 5.75. The second-order valence-corrected chi connectivity index (χ2v) is 7.43. The molecule has 1 aromatic carbocycles. The quantitative estimate of drug-likeness (QED) is 0.753. The van der Waals surface area contributed by atoms with Gasteiger partial charge in [-0.1, -0.05) is 45.0 Å². The summed E-state index contributed by atoms with van der Waals surface area (Å²) >= 11 is 0. The van der Waals surface area contributed by atoms with E-state index in [2.05, 4.69) is 56.1 Å². The van der Waals surface area contributed by atoms with Gasteiger partial charge in [0.2, 0.25) is 5.88 Å². The van der Waals surface area contributed by atoms with Crippen LogP contribution in [0.2, 0.25) is 0 Å². The van der Waals surface area contributed by atoms with Gasteiger partial charge in [0.15, 0.2) is 0 Å². The van der Waals surface area contributed by atoms with Crippen molar-refractivity contribution in [3.8, 4) is 17.0 Å². The van der Waals surface area contributed by atoms with E-state index < -0.39 is 0 Å². The zero-order chi connectivity index (χ0) is 15.7. The highest BCUT2D eigenvalue weighted by molar-refractivity contribution is 5.63. The molecule has 2 nitrogen and oxygen atoms in total. The van der Waals surface area contributed by atoms with Crippen LogP contribution in [-0.4, -0.2) is 10.6 Å². The van der Waals surface area contributed by atoms with E-state index in [0.29, 0.717) is 5.88 Å². The van der Waals surface area contributed by atoms with E-state index in [0.717, 1.165) is 5.56 Å². The predicted octanol–water partition coefficient (Wildman–Crippen LogP) is 5.22. The summed E-state index contributed by atoms with van der Waals surface area (Å²) in [5.74, 6) is 0.664. The van der Waals surface area contributed by atoms with Gasteiger partial charge in [0, 0.05) is 17.8 Å². The summed E-state index contributed by atoms with van der Waals surface area (Å²) in [6.07, 6.45) is 1.87. The number of hydrogen-bond donors (Lipinski definition) is 0. The molecule has 0 N–H and O–H groups in total. The highest BCUT2D eigenvalue weighted by atomic mass is 16.5. The maximum Gasteiger partial charge on any atom is 0.213 e. The van der Waals surface area contributed by atoms with Crippen LogP contribution in [0.4, 0.5) is 0 Å². The van der Waals surface area contributed by atoms with E-state index in [1.165, 1.54) is 11.1 Å². The molecule has 0 saturated carbocycles. The van der Waals surface area contributed by atoms with Crippen LogP contribution in [0.15, 0.2) is 42.6 Å². The Bertz CT molecular complexity index is 583. The van der Waals surface area contributed by atoms with E-state index in [1.807, 2.05) is 33.0 Å². The molecule has 2 aromatic rings. The van der Waals surface area contributed by atoms with Crippen LogP contribution < -0.4 is 4.74 Å². The summed E-state index contributed by atoms with van der Waals surface area (Å²) in [7, 11) is 0. The zero-order valence-electron chi connectivity index (χ0n) is 13.9. The molecule has 2 heteroatoms. The van der Waals surface area contributed by atoms with E-state index >= 15 is 0 Å². The fourth-order valence-corrected chi connectivity index (χ4v) is 2.09. The molecule has 0 amide bonds. The first-order valence-electron chi connectivity index (χ1n) is 7.41. The third-order valence-corrected chi connectivity index (χ3v) is 3.23. The molecule has 0 aliphatic carbocycles. The van der Waals surface area contributed by atoms with E-state index in [4.69, 9.17) is 4.74 Å². The lowest BCUT2D eigenvalue weighted by molar-refractivity contribution is 0.124. The first-order chi connectivity index (χ1) is 9.65. The summed E-state index contributed by atoms with van der Waals surface area (Å²) in [4.78, 5) is 4.39. The van der Waals surface area contributed by atoms with Crippen molar-refractivity contribution in [2.75, 3.05) is 0 Å². The molecule has 0 unspecified atom stereocenters. The second-order valence-electron chi connectivity index (χ2n) is 7.43. The van der Waals surface area contributed by atoms with Gasteiger partial charge in [-0.25, -0.2) is 4.98 Å². The van der Waals surface area contributed by atoms with Crippen molar-refractivity contribution in [2.45, 2.75) is 52.6 Å². The van der Waals surface area contributed by atoms with Crippen LogP contribution in [0.3, 0.4) is 0 Å².